The van der Waals surface area contributed by atoms with E-state index >= 15 is 0 Å². The SMILES string of the molecule is CCC[C@@H]1NC(=O)N(C[NH+](C)Cc2ccc(C(F)(F)F)cc2)C1=O. The van der Waals surface area contributed by atoms with Gasteiger partial charge in [0.05, 0.1) is 12.6 Å². The van der Waals surface area contributed by atoms with E-state index in [1.54, 1.807) is 7.05 Å². The van der Waals surface area contributed by atoms with E-state index in [2.05, 4.69) is 5.32 Å². The average Bonchev–Trinajstić information content (AvgIpc) is 2.75. The van der Waals surface area contributed by atoms with Crippen molar-refractivity contribution in [1.29, 1.82) is 0 Å². The van der Waals surface area contributed by atoms with Gasteiger partial charge in [-0.05, 0) is 18.6 Å². The summed E-state index contributed by atoms with van der Waals surface area (Å²) < 4.78 is 37.6. The Morgan fingerprint density at radius 3 is 2.38 bits per heavy atom. The molecule has 2 rings (SSSR count). The molecule has 1 heterocycles. The topological polar surface area (TPSA) is 53.9 Å². The molecule has 0 aromatic heterocycles. The van der Waals surface area contributed by atoms with Crippen LogP contribution in [0.4, 0.5) is 18.0 Å². The number of alkyl halides is 3. The van der Waals surface area contributed by atoms with Gasteiger partial charge in [0.25, 0.3) is 5.91 Å². The molecular formula is C16H21F3N3O2+. The standard InChI is InChI=1S/C16H20F3N3O2/c1-3-4-13-14(23)22(15(24)20-13)10-21(2)9-11-5-7-12(8-6-11)16(17,18)19/h5-8,13H,3-4,9-10H2,1-2H3,(H,20,24)/p+1/t13-/m0/s1. The minimum absolute atomic E-state index is 0.173. The maximum absolute atomic E-state index is 12.5. The van der Waals surface area contributed by atoms with Gasteiger partial charge in [-0.1, -0.05) is 25.5 Å². The smallest absolute Gasteiger partial charge is 0.326 e. The molecule has 0 saturated carbocycles. The maximum atomic E-state index is 12.5. The number of nitrogens with zero attached hydrogens (tertiary/aromatic N) is 1. The zero-order chi connectivity index (χ0) is 17.9. The maximum Gasteiger partial charge on any atom is 0.416 e. The number of quaternary nitrogens is 1. The molecule has 24 heavy (non-hydrogen) atoms. The van der Waals surface area contributed by atoms with Gasteiger partial charge in [0.2, 0.25) is 0 Å². The lowest BCUT2D eigenvalue weighted by Crippen LogP contribution is -3.09. The van der Waals surface area contributed by atoms with E-state index < -0.39 is 23.8 Å². The minimum Gasteiger partial charge on any atom is -0.326 e. The first-order valence-electron chi connectivity index (χ1n) is 7.81. The Morgan fingerprint density at radius 2 is 1.83 bits per heavy atom. The van der Waals surface area contributed by atoms with E-state index in [0.29, 0.717) is 18.5 Å². The van der Waals surface area contributed by atoms with Crippen molar-refractivity contribution in [2.75, 3.05) is 13.7 Å². The third-order valence-corrected chi connectivity index (χ3v) is 3.90. The Labute approximate surface area is 138 Å². The number of halogens is 3. The second-order valence-corrected chi connectivity index (χ2v) is 6.04. The predicted octanol–water partition coefficient (Wildman–Crippen LogP) is 1.40. The van der Waals surface area contributed by atoms with Crippen LogP contribution in [0.1, 0.15) is 30.9 Å². The third-order valence-electron chi connectivity index (χ3n) is 3.90. The first kappa shape index (κ1) is 18.3. The van der Waals surface area contributed by atoms with Crippen LogP contribution in [0.15, 0.2) is 24.3 Å². The molecule has 1 fully saturated rings. The summed E-state index contributed by atoms with van der Waals surface area (Å²) in [5, 5.41) is 2.65. The first-order valence-corrected chi connectivity index (χ1v) is 7.81. The van der Waals surface area contributed by atoms with Crippen LogP contribution in [0.3, 0.4) is 0 Å². The normalized spacial score (nSPS) is 19.5. The van der Waals surface area contributed by atoms with Gasteiger partial charge in [0.1, 0.15) is 12.6 Å². The lowest BCUT2D eigenvalue weighted by molar-refractivity contribution is -0.901. The van der Waals surface area contributed by atoms with Gasteiger partial charge < -0.3 is 10.2 Å². The number of benzene rings is 1. The molecule has 5 nitrogen and oxygen atoms in total. The molecule has 1 aromatic carbocycles. The molecule has 132 valence electrons. The third kappa shape index (κ3) is 4.25. The molecule has 0 bridgehead atoms. The van der Waals surface area contributed by atoms with Crippen LogP contribution < -0.4 is 10.2 Å². The van der Waals surface area contributed by atoms with Crippen molar-refractivity contribution in [2.24, 2.45) is 0 Å². The van der Waals surface area contributed by atoms with Crippen molar-refractivity contribution in [1.82, 2.24) is 10.2 Å². The van der Waals surface area contributed by atoms with E-state index in [9.17, 15) is 22.8 Å². The Morgan fingerprint density at radius 1 is 1.21 bits per heavy atom. The van der Waals surface area contributed by atoms with Gasteiger partial charge in [-0.15, -0.1) is 0 Å². The molecule has 8 heteroatoms. The zero-order valence-corrected chi connectivity index (χ0v) is 13.6. The molecule has 3 amide bonds. The van der Waals surface area contributed by atoms with Crippen molar-refractivity contribution in [3.63, 3.8) is 0 Å². The summed E-state index contributed by atoms with van der Waals surface area (Å²) in [6.45, 7) is 2.52. The zero-order valence-electron chi connectivity index (χ0n) is 13.6. The number of urea groups is 1. The molecule has 1 aliphatic rings. The molecule has 2 atom stereocenters. The molecule has 1 aromatic rings. The van der Waals surface area contributed by atoms with Crippen LogP contribution in [-0.2, 0) is 17.5 Å². The number of hydrogen-bond acceptors (Lipinski definition) is 2. The van der Waals surface area contributed by atoms with Crippen molar-refractivity contribution < 1.29 is 27.7 Å². The predicted molar refractivity (Wildman–Crippen MR) is 81.0 cm³/mol. The van der Waals surface area contributed by atoms with Crippen molar-refractivity contribution >= 4 is 11.9 Å². The summed E-state index contributed by atoms with van der Waals surface area (Å²) in [7, 11) is 1.78. The van der Waals surface area contributed by atoms with Crippen molar-refractivity contribution in [2.45, 2.75) is 38.5 Å². The van der Waals surface area contributed by atoms with Gasteiger partial charge in [-0.3, -0.25) is 4.79 Å². The van der Waals surface area contributed by atoms with Gasteiger partial charge in [0, 0.05) is 5.56 Å². The highest BCUT2D eigenvalue weighted by atomic mass is 19.4. The Bertz CT molecular complexity index is 602. The van der Waals surface area contributed by atoms with Gasteiger partial charge in [-0.2, -0.15) is 13.2 Å². The highest BCUT2D eigenvalue weighted by Crippen LogP contribution is 2.28. The van der Waals surface area contributed by atoms with Crippen LogP contribution in [0.5, 0.6) is 0 Å². The van der Waals surface area contributed by atoms with Gasteiger partial charge in [-0.25, -0.2) is 9.69 Å². The molecule has 1 aliphatic heterocycles. The van der Waals surface area contributed by atoms with Crippen molar-refractivity contribution in [3.8, 4) is 0 Å². The number of imide groups is 1. The lowest BCUT2D eigenvalue weighted by atomic mass is 10.1. The molecule has 0 aliphatic carbocycles. The number of carbonyl (C=O) groups is 2. The van der Waals surface area contributed by atoms with E-state index in [1.165, 1.54) is 17.0 Å². The fraction of sp³-hybridized carbons (Fsp3) is 0.500. The van der Waals surface area contributed by atoms with E-state index in [4.69, 9.17) is 0 Å². The van der Waals surface area contributed by atoms with Crippen LogP contribution in [-0.4, -0.2) is 36.6 Å². The van der Waals surface area contributed by atoms with Gasteiger partial charge in [0.15, 0.2) is 6.67 Å². The monoisotopic (exact) mass is 344 g/mol. The summed E-state index contributed by atoms with van der Waals surface area (Å²) in [6, 6.07) is 4.02. The number of hydrogen-bond donors (Lipinski definition) is 2. The van der Waals surface area contributed by atoms with E-state index in [1.807, 2.05) is 6.92 Å². The fourth-order valence-corrected chi connectivity index (χ4v) is 2.70. The molecule has 1 unspecified atom stereocenters. The molecule has 0 radical (unpaired) electrons. The number of rotatable bonds is 6. The van der Waals surface area contributed by atoms with Gasteiger partial charge >= 0.3 is 12.2 Å². The number of amides is 3. The second-order valence-electron chi connectivity index (χ2n) is 6.04. The Kier molecular flexibility index (Phi) is 5.48. The first-order chi connectivity index (χ1) is 11.2. The number of carbonyl (C=O) groups excluding carboxylic acids is 2. The molecule has 1 saturated heterocycles. The quantitative estimate of drug-likeness (QED) is 0.767. The van der Waals surface area contributed by atoms with E-state index in [-0.39, 0.29) is 12.6 Å². The second kappa shape index (κ2) is 7.21. The van der Waals surface area contributed by atoms with E-state index in [0.717, 1.165) is 23.5 Å². The molecule has 2 N–H and O–H groups in total. The lowest BCUT2D eigenvalue weighted by Gasteiger charge is -2.19. The van der Waals surface area contributed by atoms with Crippen LogP contribution in [0.2, 0.25) is 0 Å². The average molecular weight is 344 g/mol. The largest absolute Gasteiger partial charge is 0.416 e. The highest BCUT2D eigenvalue weighted by Gasteiger charge is 2.38. The van der Waals surface area contributed by atoms with Crippen molar-refractivity contribution in [3.05, 3.63) is 35.4 Å². The highest BCUT2D eigenvalue weighted by molar-refractivity contribution is 6.03. The van der Waals surface area contributed by atoms with Crippen LogP contribution in [0, 0.1) is 0 Å². The molecular weight excluding hydrogens is 323 g/mol. The molecule has 0 spiro atoms. The summed E-state index contributed by atoms with van der Waals surface area (Å²) >= 11 is 0. The summed E-state index contributed by atoms with van der Waals surface area (Å²) in [4.78, 5) is 26.0. The Balaban J connectivity index is 1.94. The number of nitrogens with one attached hydrogen (secondary N) is 2. The summed E-state index contributed by atoms with van der Waals surface area (Å²) in [6.07, 6.45) is -2.97. The Hall–Kier alpha value is -2.09. The summed E-state index contributed by atoms with van der Waals surface area (Å²) in [5.41, 5.74) is 0.0121. The minimum atomic E-state index is -4.36. The summed E-state index contributed by atoms with van der Waals surface area (Å²) in [5.74, 6) is -0.242. The van der Waals surface area contributed by atoms with Crippen LogP contribution >= 0.6 is 0 Å². The fourth-order valence-electron chi connectivity index (χ4n) is 2.70. The van der Waals surface area contributed by atoms with Crippen LogP contribution in [0.25, 0.3) is 0 Å².